The Morgan fingerprint density at radius 3 is 2.31 bits per heavy atom. The maximum absolute atomic E-state index is 13.2. The van der Waals surface area contributed by atoms with Crippen LogP contribution in [0.15, 0.2) is 23.0 Å². The van der Waals surface area contributed by atoms with Crippen molar-refractivity contribution in [2.24, 2.45) is 5.41 Å². The molecule has 0 aromatic carbocycles. The molecule has 29 heavy (non-hydrogen) atoms. The van der Waals surface area contributed by atoms with Crippen LogP contribution in [0, 0.1) is 5.41 Å². The van der Waals surface area contributed by atoms with Crippen LogP contribution in [-0.4, -0.2) is 42.1 Å². The lowest BCUT2D eigenvalue weighted by atomic mass is 9.72. The van der Waals surface area contributed by atoms with Crippen LogP contribution >= 0.6 is 0 Å². The van der Waals surface area contributed by atoms with Gasteiger partial charge in [-0.3, -0.25) is 19.2 Å². The monoisotopic (exact) mass is 403 g/mol. The highest BCUT2D eigenvalue weighted by atomic mass is 16.3. The van der Waals surface area contributed by atoms with Crippen molar-refractivity contribution in [1.82, 2.24) is 16.0 Å². The lowest BCUT2D eigenvalue weighted by Gasteiger charge is -2.41. The fourth-order valence-electron chi connectivity index (χ4n) is 4.36. The molecular weight excluding hydrogens is 374 g/mol. The van der Waals surface area contributed by atoms with Gasteiger partial charge in [-0.1, -0.05) is 19.8 Å². The molecule has 1 aromatic heterocycles. The van der Waals surface area contributed by atoms with Crippen molar-refractivity contribution in [1.29, 1.82) is 0 Å². The van der Waals surface area contributed by atoms with Crippen molar-refractivity contribution in [2.45, 2.75) is 69.9 Å². The number of hydrogen-bond acceptors (Lipinski definition) is 5. The van der Waals surface area contributed by atoms with Crippen molar-refractivity contribution in [3.05, 3.63) is 24.2 Å². The third-order valence-corrected chi connectivity index (χ3v) is 6.35. The first-order valence-corrected chi connectivity index (χ1v) is 10.2. The zero-order chi connectivity index (χ0) is 21.1. The Bertz CT molecular complexity index is 776. The fourth-order valence-corrected chi connectivity index (χ4v) is 4.36. The van der Waals surface area contributed by atoms with E-state index in [9.17, 15) is 19.2 Å². The lowest BCUT2D eigenvalue weighted by molar-refractivity contribution is -0.146. The van der Waals surface area contributed by atoms with Gasteiger partial charge in [0.2, 0.25) is 11.7 Å². The van der Waals surface area contributed by atoms with Crippen molar-refractivity contribution in [3.63, 3.8) is 0 Å². The van der Waals surface area contributed by atoms with Crippen LogP contribution in [-0.2, 0) is 14.4 Å². The van der Waals surface area contributed by atoms with Gasteiger partial charge in [0.25, 0.3) is 11.8 Å². The second-order valence-electron chi connectivity index (χ2n) is 8.59. The van der Waals surface area contributed by atoms with Crippen LogP contribution in [0.5, 0.6) is 0 Å². The second-order valence-corrected chi connectivity index (χ2v) is 8.59. The number of rotatable bonds is 8. The molecule has 0 spiro atoms. The van der Waals surface area contributed by atoms with Crippen LogP contribution in [0.4, 0.5) is 0 Å². The van der Waals surface area contributed by atoms with E-state index in [1.807, 2.05) is 0 Å². The van der Waals surface area contributed by atoms with Gasteiger partial charge in [-0.2, -0.15) is 0 Å². The van der Waals surface area contributed by atoms with Gasteiger partial charge in [-0.05, 0) is 50.0 Å². The van der Waals surface area contributed by atoms with Crippen molar-refractivity contribution < 1.29 is 23.6 Å². The highest BCUT2D eigenvalue weighted by molar-refractivity contribution is 6.40. The standard InChI is InChI=1S/C21H29N3O5/c1-20(7-3-4-8-20)12-15(23-17(26)14-6-11-29-13-14)18(27)24-21(9-5-10-21)16(25)19(28)22-2/h6,11,13,15H,3-5,7-10,12H2,1-2H3,(H,22,28)(H,23,26)(H,24,27)/t15-/m0/s1. The summed E-state index contributed by atoms with van der Waals surface area (Å²) in [4.78, 5) is 50.1. The quantitative estimate of drug-likeness (QED) is 0.571. The number of hydrogen-bond donors (Lipinski definition) is 3. The molecule has 158 valence electrons. The summed E-state index contributed by atoms with van der Waals surface area (Å²) in [6.45, 7) is 2.12. The van der Waals surface area contributed by atoms with E-state index in [-0.39, 0.29) is 5.41 Å². The average molecular weight is 403 g/mol. The average Bonchev–Trinajstić information content (AvgIpc) is 3.34. The van der Waals surface area contributed by atoms with E-state index in [4.69, 9.17) is 4.42 Å². The number of furan rings is 1. The maximum atomic E-state index is 13.2. The molecule has 2 aliphatic rings. The number of likely N-dealkylation sites (N-methyl/N-ethyl adjacent to an activating group) is 1. The van der Waals surface area contributed by atoms with Crippen molar-refractivity contribution >= 4 is 23.5 Å². The second kappa shape index (κ2) is 8.39. The van der Waals surface area contributed by atoms with E-state index in [0.717, 1.165) is 32.1 Å². The summed E-state index contributed by atoms with van der Waals surface area (Å²) >= 11 is 0. The smallest absolute Gasteiger partial charge is 0.289 e. The molecular formula is C21H29N3O5. The molecule has 2 aliphatic carbocycles. The number of carbonyl (C=O) groups excluding carboxylic acids is 4. The first kappa shape index (κ1) is 21.1. The topological polar surface area (TPSA) is 118 Å². The van der Waals surface area contributed by atoms with Crippen LogP contribution in [0.3, 0.4) is 0 Å². The van der Waals surface area contributed by atoms with E-state index in [1.54, 1.807) is 0 Å². The molecule has 0 bridgehead atoms. The number of carbonyl (C=O) groups is 4. The zero-order valence-corrected chi connectivity index (χ0v) is 17.0. The van der Waals surface area contributed by atoms with E-state index in [0.29, 0.717) is 24.8 Å². The molecule has 0 unspecified atom stereocenters. The van der Waals surface area contributed by atoms with Crippen molar-refractivity contribution in [2.75, 3.05) is 7.05 Å². The Hall–Kier alpha value is -2.64. The third kappa shape index (κ3) is 4.52. The predicted octanol–water partition coefficient (Wildman–Crippen LogP) is 1.70. The Kier molecular flexibility index (Phi) is 6.10. The minimum atomic E-state index is -1.17. The lowest BCUT2D eigenvalue weighted by Crippen LogP contribution is -2.65. The number of amides is 3. The summed E-state index contributed by atoms with van der Waals surface area (Å²) in [5, 5.41) is 7.94. The van der Waals surface area contributed by atoms with Crippen LogP contribution in [0.2, 0.25) is 0 Å². The summed E-state index contributed by atoms with van der Waals surface area (Å²) in [6.07, 6.45) is 8.97. The molecule has 3 amide bonds. The van der Waals surface area contributed by atoms with E-state index in [1.165, 1.54) is 25.6 Å². The van der Waals surface area contributed by atoms with Crippen LogP contribution < -0.4 is 16.0 Å². The van der Waals surface area contributed by atoms with Gasteiger partial charge in [0, 0.05) is 7.05 Å². The van der Waals surface area contributed by atoms with Gasteiger partial charge in [-0.25, -0.2) is 0 Å². The zero-order valence-electron chi connectivity index (χ0n) is 17.0. The number of Topliss-reactive ketones (excluding diaryl/α,β-unsaturated/α-hetero) is 1. The first-order chi connectivity index (χ1) is 13.8. The summed E-state index contributed by atoms with van der Waals surface area (Å²) in [5.74, 6) is -2.17. The van der Waals surface area contributed by atoms with Crippen LogP contribution in [0.25, 0.3) is 0 Å². The maximum Gasteiger partial charge on any atom is 0.289 e. The summed E-state index contributed by atoms with van der Waals surface area (Å²) in [7, 11) is 1.39. The SMILES string of the molecule is CNC(=O)C(=O)C1(NC(=O)[C@H](CC2(C)CCCC2)NC(=O)c2ccoc2)CCC1. The van der Waals surface area contributed by atoms with Gasteiger partial charge in [0.05, 0.1) is 11.8 Å². The minimum absolute atomic E-state index is 0.0523. The highest BCUT2D eigenvalue weighted by Gasteiger charge is 2.49. The molecule has 8 nitrogen and oxygen atoms in total. The summed E-state index contributed by atoms with van der Waals surface area (Å²) in [5.41, 5.74) is -0.894. The Labute approximate surface area is 170 Å². The first-order valence-electron chi connectivity index (χ1n) is 10.2. The van der Waals surface area contributed by atoms with Gasteiger partial charge >= 0.3 is 0 Å². The Balaban J connectivity index is 1.76. The molecule has 8 heteroatoms. The largest absolute Gasteiger partial charge is 0.472 e. The molecule has 2 fully saturated rings. The van der Waals surface area contributed by atoms with E-state index >= 15 is 0 Å². The molecule has 3 N–H and O–H groups in total. The van der Waals surface area contributed by atoms with Gasteiger partial charge in [0.1, 0.15) is 17.8 Å². The molecule has 1 atom stereocenters. The van der Waals surface area contributed by atoms with Gasteiger partial charge in [0.15, 0.2) is 0 Å². The summed E-state index contributed by atoms with van der Waals surface area (Å²) in [6, 6.07) is 0.736. The van der Waals surface area contributed by atoms with E-state index in [2.05, 4.69) is 22.9 Å². The minimum Gasteiger partial charge on any atom is -0.472 e. The Morgan fingerprint density at radius 1 is 1.10 bits per heavy atom. The van der Waals surface area contributed by atoms with Gasteiger partial charge in [-0.15, -0.1) is 0 Å². The number of ketones is 1. The number of nitrogens with one attached hydrogen (secondary N) is 3. The molecule has 1 aromatic rings. The molecule has 0 radical (unpaired) electrons. The molecule has 0 aliphatic heterocycles. The summed E-state index contributed by atoms with van der Waals surface area (Å²) < 4.78 is 4.96. The van der Waals surface area contributed by atoms with Crippen molar-refractivity contribution in [3.8, 4) is 0 Å². The third-order valence-electron chi connectivity index (χ3n) is 6.35. The van der Waals surface area contributed by atoms with Crippen LogP contribution in [0.1, 0.15) is 68.6 Å². The highest BCUT2D eigenvalue weighted by Crippen LogP contribution is 2.41. The predicted molar refractivity (Wildman–Crippen MR) is 105 cm³/mol. The normalized spacial score (nSPS) is 20.2. The molecule has 3 rings (SSSR count). The molecule has 2 saturated carbocycles. The molecule has 1 heterocycles. The van der Waals surface area contributed by atoms with Gasteiger partial charge < -0.3 is 20.4 Å². The Morgan fingerprint density at radius 2 is 1.79 bits per heavy atom. The fraction of sp³-hybridized carbons (Fsp3) is 0.619. The molecule has 0 saturated heterocycles. The van der Waals surface area contributed by atoms with E-state index < -0.39 is 35.1 Å².